The van der Waals surface area contributed by atoms with Crippen molar-refractivity contribution in [1.82, 2.24) is 0 Å². The Hall–Kier alpha value is -1.65. The summed E-state index contributed by atoms with van der Waals surface area (Å²) in [4.78, 5) is 12.0. The summed E-state index contributed by atoms with van der Waals surface area (Å²) in [6.45, 7) is 0. The van der Waals surface area contributed by atoms with E-state index in [0.29, 0.717) is 11.1 Å². The molecule has 96 valence electrons. The van der Waals surface area contributed by atoms with E-state index >= 15 is 0 Å². The number of aliphatic hydroxyl groups excluding tert-OH is 1. The number of aliphatic hydroxyl groups is 1. The number of phenolic OH excluding ortho intramolecular Hbond substituents is 1. The highest BCUT2D eigenvalue weighted by atomic mass is 79.9. The lowest BCUT2D eigenvalue weighted by Crippen LogP contribution is -2.20. The van der Waals surface area contributed by atoms with Crippen molar-refractivity contribution >= 4 is 21.7 Å². The number of fused-ring (bicyclic) bond motifs is 1. The molecule has 3 rings (SSSR count). The topological polar surface area (TPSA) is 57.5 Å². The average Bonchev–Trinajstić information content (AvgIpc) is 2.63. The molecule has 19 heavy (non-hydrogen) atoms. The maximum Gasteiger partial charge on any atom is 0.192 e. The number of halogens is 1. The number of Topliss-reactive ketones (excluding diaryl/α,β-unsaturated/α-hetero) is 1. The maximum atomic E-state index is 12.0. The maximum absolute atomic E-state index is 12.0. The lowest BCUT2D eigenvalue weighted by atomic mass is 9.91. The van der Waals surface area contributed by atoms with Gasteiger partial charge in [0.15, 0.2) is 5.78 Å². The van der Waals surface area contributed by atoms with E-state index in [1.807, 2.05) is 24.3 Å². The lowest BCUT2D eigenvalue weighted by Gasteiger charge is -2.15. The molecule has 0 spiro atoms. The van der Waals surface area contributed by atoms with Crippen LogP contribution in [0.4, 0.5) is 0 Å². The first-order valence-corrected chi connectivity index (χ1v) is 6.68. The van der Waals surface area contributed by atoms with Gasteiger partial charge in [0.25, 0.3) is 0 Å². The van der Waals surface area contributed by atoms with Crippen LogP contribution in [0.3, 0.4) is 0 Å². The first-order chi connectivity index (χ1) is 9.08. The van der Waals surface area contributed by atoms with Crippen molar-refractivity contribution < 1.29 is 15.0 Å². The minimum atomic E-state index is -1.09. The summed E-state index contributed by atoms with van der Waals surface area (Å²) in [6, 6.07) is 12.0. The second kappa shape index (κ2) is 4.47. The third-order valence-electron chi connectivity index (χ3n) is 3.45. The molecule has 1 aliphatic rings. The summed E-state index contributed by atoms with van der Waals surface area (Å²) >= 11 is 3.35. The molecule has 0 aliphatic heterocycles. The van der Waals surface area contributed by atoms with E-state index in [0.717, 1.165) is 10.0 Å². The summed E-state index contributed by atoms with van der Waals surface area (Å²) in [5, 5.41) is 19.7. The van der Waals surface area contributed by atoms with E-state index < -0.39 is 12.0 Å². The fourth-order valence-corrected chi connectivity index (χ4v) is 2.81. The van der Waals surface area contributed by atoms with Gasteiger partial charge in [0, 0.05) is 16.0 Å². The van der Waals surface area contributed by atoms with Crippen LogP contribution in [-0.2, 0) is 0 Å². The van der Waals surface area contributed by atoms with Gasteiger partial charge in [-0.15, -0.1) is 0 Å². The summed E-state index contributed by atoms with van der Waals surface area (Å²) < 4.78 is 0.936. The van der Waals surface area contributed by atoms with Gasteiger partial charge in [-0.25, -0.2) is 0 Å². The summed E-state index contributed by atoms with van der Waals surface area (Å²) in [5.74, 6) is -0.603. The van der Waals surface area contributed by atoms with Crippen LogP contribution in [-0.4, -0.2) is 22.1 Å². The Morgan fingerprint density at radius 3 is 2.42 bits per heavy atom. The first kappa shape index (κ1) is 12.4. The van der Waals surface area contributed by atoms with Crippen molar-refractivity contribution in [1.29, 1.82) is 0 Å². The molecule has 1 aliphatic carbocycles. The summed E-state index contributed by atoms with van der Waals surface area (Å²) in [5.41, 5.74) is 2.02. The zero-order valence-corrected chi connectivity index (χ0v) is 11.5. The molecule has 0 radical (unpaired) electrons. The van der Waals surface area contributed by atoms with Crippen LogP contribution < -0.4 is 0 Å². The third-order valence-corrected chi connectivity index (χ3v) is 3.98. The van der Waals surface area contributed by atoms with Gasteiger partial charge in [0.05, 0.1) is 0 Å². The zero-order valence-electron chi connectivity index (χ0n) is 9.88. The number of ketones is 1. The Morgan fingerprint density at radius 2 is 1.74 bits per heavy atom. The molecule has 2 unspecified atom stereocenters. The van der Waals surface area contributed by atoms with Gasteiger partial charge in [-0.1, -0.05) is 28.1 Å². The van der Waals surface area contributed by atoms with Gasteiger partial charge >= 0.3 is 0 Å². The largest absolute Gasteiger partial charge is 0.508 e. The van der Waals surface area contributed by atoms with Crippen LogP contribution in [0.25, 0.3) is 0 Å². The van der Waals surface area contributed by atoms with E-state index in [9.17, 15) is 15.0 Å². The number of hydrogen-bond acceptors (Lipinski definition) is 3. The quantitative estimate of drug-likeness (QED) is 0.850. The van der Waals surface area contributed by atoms with Crippen LogP contribution in [0.1, 0.15) is 27.4 Å². The van der Waals surface area contributed by atoms with Gasteiger partial charge in [0.2, 0.25) is 0 Å². The molecule has 2 atom stereocenters. The van der Waals surface area contributed by atoms with Crippen molar-refractivity contribution in [3.63, 3.8) is 0 Å². The zero-order chi connectivity index (χ0) is 13.6. The average molecular weight is 319 g/mol. The Morgan fingerprint density at radius 1 is 1.05 bits per heavy atom. The number of carbonyl (C=O) groups is 1. The fourth-order valence-electron chi connectivity index (χ4n) is 2.54. The van der Waals surface area contributed by atoms with Crippen molar-refractivity contribution in [2.45, 2.75) is 12.0 Å². The van der Waals surface area contributed by atoms with E-state index in [1.54, 1.807) is 12.1 Å². The van der Waals surface area contributed by atoms with E-state index in [2.05, 4.69) is 15.9 Å². The van der Waals surface area contributed by atoms with Crippen LogP contribution in [0.2, 0.25) is 0 Å². The van der Waals surface area contributed by atoms with Crippen molar-refractivity contribution in [2.75, 3.05) is 0 Å². The van der Waals surface area contributed by atoms with Crippen LogP contribution >= 0.6 is 15.9 Å². The summed E-state index contributed by atoms with van der Waals surface area (Å²) in [6.07, 6.45) is -1.09. The highest BCUT2D eigenvalue weighted by molar-refractivity contribution is 9.10. The van der Waals surface area contributed by atoms with Gasteiger partial charge < -0.3 is 10.2 Å². The van der Waals surface area contributed by atoms with Gasteiger partial charge in [-0.05, 0) is 41.5 Å². The molecular weight excluding hydrogens is 308 g/mol. The molecule has 3 nitrogen and oxygen atoms in total. The number of rotatable bonds is 1. The van der Waals surface area contributed by atoms with Crippen molar-refractivity contribution in [3.05, 3.63) is 63.6 Å². The minimum Gasteiger partial charge on any atom is -0.508 e. The number of phenols is 1. The third kappa shape index (κ3) is 1.97. The SMILES string of the molecule is O=C1c2ccc(O)cc2C(c2ccc(Br)cc2)C1O. The molecule has 0 bridgehead atoms. The van der Waals surface area contributed by atoms with E-state index in [-0.39, 0.29) is 11.5 Å². The molecule has 0 aromatic heterocycles. The predicted molar refractivity (Wildman–Crippen MR) is 74.4 cm³/mol. The smallest absolute Gasteiger partial charge is 0.192 e. The van der Waals surface area contributed by atoms with Gasteiger partial charge in [-0.3, -0.25) is 4.79 Å². The molecule has 0 amide bonds. The molecule has 2 N–H and O–H groups in total. The molecule has 0 saturated carbocycles. The van der Waals surface area contributed by atoms with Crippen molar-refractivity contribution in [2.24, 2.45) is 0 Å². The Bertz CT molecular complexity index is 649. The minimum absolute atomic E-state index is 0.0998. The van der Waals surface area contributed by atoms with E-state index in [1.165, 1.54) is 6.07 Å². The second-order valence-corrected chi connectivity index (χ2v) is 5.53. The molecule has 0 fully saturated rings. The monoisotopic (exact) mass is 318 g/mol. The Labute approximate surface area is 118 Å². The number of aromatic hydroxyl groups is 1. The molecule has 4 heteroatoms. The molecule has 0 heterocycles. The predicted octanol–water partition coefficient (Wildman–Crippen LogP) is 2.84. The molecule has 2 aromatic rings. The molecule has 0 saturated heterocycles. The standard InChI is InChI=1S/C15H11BrO3/c16-9-3-1-8(2-4-9)13-12-7-10(17)5-6-11(12)14(18)15(13)19/h1-7,13,15,17,19H. The summed E-state index contributed by atoms with van der Waals surface area (Å²) in [7, 11) is 0. The number of benzene rings is 2. The van der Waals surface area contributed by atoms with E-state index in [4.69, 9.17) is 0 Å². The Kier molecular flexibility index (Phi) is 2.92. The fraction of sp³-hybridized carbons (Fsp3) is 0.133. The molecular formula is C15H11BrO3. The Balaban J connectivity index is 2.15. The van der Waals surface area contributed by atoms with Gasteiger partial charge in [0.1, 0.15) is 11.9 Å². The van der Waals surface area contributed by atoms with Crippen LogP contribution in [0.15, 0.2) is 46.9 Å². The molecule has 2 aromatic carbocycles. The highest BCUT2D eigenvalue weighted by Gasteiger charge is 2.39. The van der Waals surface area contributed by atoms with Gasteiger partial charge in [-0.2, -0.15) is 0 Å². The number of hydrogen-bond donors (Lipinski definition) is 2. The van der Waals surface area contributed by atoms with Crippen LogP contribution in [0.5, 0.6) is 5.75 Å². The van der Waals surface area contributed by atoms with Crippen molar-refractivity contribution in [3.8, 4) is 5.75 Å². The highest BCUT2D eigenvalue weighted by Crippen LogP contribution is 2.40. The first-order valence-electron chi connectivity index (χ1n) is 5.88. The lowest BCUT2D eigenvalue weighted by molar-refractivity contribution is 0.0754. The van der Waals surface area contributed by atoms with Crippen LogP contribution in [0, 0.1) is 0 Å². The normalized spacial score (nSPS) is 21.5. The second-order valence-electron chi connectivity index (χ2n) is 4.61. The number of carbonyl (C=O) groups excluding carboxylic acids is 1.